The summed E-state index contributed by atoms with van der Waals surface area (Å²) in [5.74, 6) is -0.370. The lowest BCUT2D eigenvalue weighted by molar-refractivity contribution is 0.277. The maximum absolute atomic E-state index is 13.8. The summed E-state index contributed by atoms with van der Waals surface area (Å²) < 4.78 is 13.8. The number of aromatic nitrogens is 2. The fourth-order valence-corrected chi connectivity index (χ4v) is 3.36. The molecule has 4 nitrogen and oxygen atoms in total. The van der Waals surface area contributed by atoms with Gasteiger partial charge in [-0.2, -0.15) is 0 Å². The molecule has 3 rings (SSSR count). The molecule has 1 saturated heterocycles. The Kier molecular flexibility index (Phi) is 4.90. The molecule has 1 aliphatic rings. The Morgan fingerprint density at radius 1 is 1.39 bits per heavy atom. The van der Waals surface area contributed by atoms with Crippen molar-refractivity contribution >= 4 is 11.6 Å². The Morgan fingerprint density at radius 3 is 2.91 bits per heavy atom. The zero-order valence-corrected chi connectivity index (χ0v) is 14.0. The summed E-state index contributed by atoms with van der Waals surface area (Å²) in [5, 5.41) is 3.77. The molecule has 0 aliphatic carbocycles. The molecular weight excluding hydrogens is 315 g/mol. The van der Waals surface area contributed by atoms with E-state index in [-0.39, 0.29) is 29.0 Å². The van der Waals surface area contributed by atoms with E-state index in [9.17, 15) is 4.39 Å². The highest BCUT2D eigenvalue weighted by Gasteiger charge is 2.34. The first-order valence-corrected chi connectivity index (χ1v) is 8.11. The van der Waals surface area contributed by atoms with Gasteiger partial charge in [0.2, 0.25) is 0 Å². The number of likely N-dealkylation sites (tertiary alicyclic amines) is 1. The second-order valence-electron chi connectivity index (χ2n) is 6.01. The number of nitrogens with one attached hydrogen (secondary N) is 1. The Hall–Kier alpha value is -1.56. The standard InChI is InChI=1S/C17H20ClFN4/c1-11(16-10-20-6-7-21-16)22-15-5-8-23(2)17(15)12-3-4-13(18)14(19)9-12/h3-4,6-7,9-11,15,17,22H,5,8H2,1-2H3/t11-,15+,17+/m0/s1. The van der Waals surface area contributed by atoms with Gasteiger partial charge in [-0.05, 0) is 38.1 Å². The minimum absolute atomic E-state index is 0.0832. The van der Waals surface area contributed by atoms with Crippen LogP contribution < -0.4 is 5.32 Å². The maximum atomic E-state index is 13.8. The van der Waals surface area contributed by atoms with Crippen molar-refractivity contribution in [3.05, 3.63) is 58.9 Å². The molecule has 0 saturated carbocycles. The summed E-state index contributed by atoms with van der Waals surface area (Å²) in [7, 11) is 2.06. The van der Waals surface area contributed by atoms with E-state index in [0.717, 1.165) is 24.2 Å². The first-order chi connectivity index (χ1) is 11.1. The van der Waals surface area contributed by atoms with Crippen molar-refractivity contribution in [2.45, 2.75) is 31.5 Å². The van der Waals surface area contributed by atoms with Crippen LogP contribution in [0, 0.1) is 5.82 Å². The van der Waals surface area contributed by atoms with Gasteiger partial charge in [0.25, 0.3) is 0 Å². The average molecular weight is 335 g/mol. The summed E-state index contributed by atoms with van der Waals surface area (Å²) in [6.07, 6.45) is 6.13. The topological polar surface area (TPSA) is 41.0 Å². The first-order valence-electron chi connectivity index (χ1n) is 7.73. The van der Waals surface area contributed by atoms with Gasteiger partial charge in [0.15, 0.2) is 0 Å². The fourth-order valence-electron chi connectivity index (χ4n) is 3.25. The van der Waals surface area contributed by atoms with Crippen LogP contribution in [0.3, 0.4) is 0 Å². The summed E-state index contributed by atoms with van der Waals surface area (Å²) in [6.45, 7) is 3.03. The second-order valence-corrected chi connectivity index (χ2v) is 6.42. The van der Waals surface area contributed by atoms with Gasteiger partial charge in [-0.15, -0.1) is 0 Å². The molecule has 2 heterocycles. The number of benzene rings is 1. The van der Waals surface area contributed by atoms with Crippen LogP contribution in [0.25, 0.3) is 0 Å². The number of hydrogen-bond acceptors (Lipinski definition) is 4. The van der Waals surface area contributed by atoms with Crippen molar-refractivity contribution in [3.63, 3.8) is 0 Å². The molecule has 0 radical (unpaired) electrons. The van der Waals surface area contributed by atoms with Crippen molar-refractivity contribution < 1.29 is 4.39 Å². The molecular formula is C17H20ClFN4. The van der Waals surface area contributed by atoms with Crippen LogP contribution in [-0.2, 0) is 0 Å². The summed E-state index contributed by atoms with van der Waals surface area (Å²) in [4.78, 5) is 10.7. The highest BCUT2D eigenvalue weighted by molar-refractivity contribution is 6.30. The third kappa shape index (κ3) is 3.52. The van der Waals surface area contributed by atoms with Crippen molar-refractivity contribution in [2.24, 2.45) is 0 Å². The molecule has 1 aromatic carbocycles. The van der Waals surface area contributed by atoms with Crippen LogP contribution in [0.5, 0.6) is 0 Å². The lowest BCUT2D eigenvalue weighted by Crippen LogP contribution is -2.36. The van der Waals surface area contributed by atoms with E-state index in [1.165, 1.54) is 6.07 Å². The molecule has 0 bridgehead atoms. The molecule has 122 valence electrons. The minimum Gasteiger partial charge on any atom is -0.304 e. The van der Waals surface area contributed by atoms with Gasteiger partial charge in [-0.25, -0.2) is 4.39 Å². The van der Waals surface area contributed by atoms with E-state index in [0.29, 0.717) is 0 Å². The van der Waals surface area contributed by atoms with Crippen molar-refractivity contribution in [3.8, 4) is 0 Å². The van der Waals surface area contributed by atoms with Gasteiger partial charge in [0.1, 0.15) is 5.82 Å². The molecule has 6 heteroatoms. The molecule has 2 aromatic rings. The molecule has 0 spiro atoms. The Labute approximate surface area is 140 Å². The SMILES string of the molecule is C[C@H](N[C@@H]1CCN(C)[C@@H]1c1ccc(Cl)c(F)c1)c1cnccn1. The van der Waals surface area contributed by atoms with E-state index in [4.69, 9.17) is 11.6 Å². The quantitative estimate of drug-likeness (QED) is 0.930. The zero-order valence-electron chi connectivity index (χ0n) is 13.2. The van der Waals surface area contributed by atoms with Crippen LogP contribution in [0.1, 0.15) is 36.7 Å². The van der Waals surface area contributed by atoms with Gasteiger partial charge in [-0.1, -0.05) is 17.7 Å². The third-order valence-corrected chi connectivity index (χ3v) is 4.73. The summed E-state index contributed by atoms with van der Waals surface area (Å²) in [5.41, 5.74) is 1.85. The van der Waals surface area contributed by atoms with Gasteiger partial charge >= 0.3 is 0 Å². The Bertz CT molecular complexity index is 667. The third-order valence-electron chi connectivity index (χ3n) is 4.42. The normalized spacial score (nSPS) is 23.1. The molecule has 1 fully saturated rings. The number of hydrogen-bond donors (Lipinski definition) is 1. The van der Waals surface area contributed by atoms with Crippen molar-refractivity contribution in [1.82, 2.24) is 20.2 Å². The lowest BCUT2D eigenvalue weighted by atomic mass is 9.99. The van der Waals surface area contributed by atoms with E-state index >= 15 is 0 Å². The van der Waals surface area contributed by atoms with E-state index in [1.54, 1.807) is 24.7 Å². The molecule has 1 aromatic heterocycles. The molecule has 23 heavy (non-hydrogen) atoms. The highest BCUT2D eigenvalue weighted by Crippen LogP contribution is 2.33. The summed E-state index contributed by atoms with van der Waals surface area (Å²) in [6, 6.07) is 5.48. The predicted octanol–water partition coefficient (Wildman–Crippen LogP) is 3.37. The molecule has 3 atom stereocenters. The van der Waals surface area contributed by atoms with Gasteiger partial charge in [0, 0.05) is 43.3 Å². The van der Waals surface area contributed by atoms with Gasteiger partial charge < -0.3 is 5.32 Å². The fraction of sp³-hybridized carbons (Fsp3) is 0.412. The largest absolute Gasteiger partial charge is 0.304 e. The number of rotatable bonds is 4. The molecule has 0 unspecified atom stereocenters. The number of nitrogens with zero attached hydrogens (tertiary/aromatic N) is 3. The predicted molar refractivity (Wildman–Crippen MR) is 88.8 cm³/mol. The van der Waals surface area contributed by atoms with Crippen molar-refractivity contribution in [2.75, 3.05) is 13.6 Å². The van der Waals surface area contributed by atoms with Crippen LogP contribution >= 0.6 is 11.6 Å². The minimum atomic E-state index is -0.370. The van der Waals surface area contributed by atoms with E-state index in [2.05, 4.69) is 34.2 Å². The average Bonchev–Trinajstić information content (AvgIpc) is 2.91. The second kappa shape index (κ2) is 6.91. The Morgan fingerprint density at radius 2 is 2.22 bits per heavy atom. The number of likely N-dealkylation sites (N-methyl/N-ethyl adjacent to an activating group) is 1. The van der Waals surface area contributed by atoms with Crippen LogP contribution in [0.4, 0.5) is 4.39 Å². The zero-order chi connectivity index (χ0) is 16.4. The van der Waals surface area contributed by atoms with E-state index in [1.807, 2.05) is 6.07 Å². The Balaban J connectivity index is 1.79. The van der Waals surface area contributed by atoms with Crippen molar-refractivity contribution in [1.29, 1.82) is 0 Å². The molecule has 1 N–H and O–H groups in total. The summed E-state index contributed by atoms with van der Waals surface area (Å²) >= 11 is 5.81. The maximum Gasteiger partial charge on any atom is 0.142 e. The number of halogens is 2. The van der Waals surface area contributed by atoms with Gasteiger partial charge in [-0.3, -0.25) is 14.9 Å². The van der Waals surface area contributed by atoms with Crippen LogP contribution in [0.2, 0.25) is 5.02 Å². The van der Waals surface area contributed by atoms with Gasteiger partial charge in [0.05, 0.1) is 10.7 Å². The van der Waals surface area contributed by atoms with E-state index < -0.39 is 0 Å². The highest BCUT2D eigenvalue weighted by atomic mass is 35.5. The monoisotopic (exact) mass is 334 g/mol. The molecule has 1 aliphatic heterocycles. The molecule has 0 amide bonds. The first kappa shape index (κ1) is 16.3. The van der Waals surface area contributed by atoms with Crippen LogP contribution in [-0.4, -0.2) is 34.5 Å². The lowest BCUT2D eigenvalue weighted by Gasteiger charge is -2.28. The van der Waals surface area contributed by atoms with Crippen LogP contribution in [0.15, 0.2) is 36.8 Å². The smallest absolute Gasteiger partial charge is 0.142 e.